The number of hydrogen-bond acceptors (Lipinski definition) is 3. The van der Waals surface area contributed by atoms with Gasteiger partial charge < -0.3 is 5.32 Å². The van der Waals surface area contributed by atoms with E-state index in [1.807, 2.05) is 0 Å². The van der Waals surface area contributed by atoms with Gasteiger partial charge in [-0.1, -0.05) is 11.6 Å². The fraction of sp³-hybridized carbons (Fsp3) is 0.333. The van der Waals surface area contributed by atoms with E-state index in [9.17, 15) is 8.42 Å². The molecule has 0 spiro atoms. The fourth-order valence-electron chi connectivity index (χ4n) is 1.47. The molecule has 5 heteroatoms. The van der Waals surface area contributed by atoms with Crippen LogP contribution in [0.2, 0.25) is 5.02 Å². The van der Waals surface area contributed by atoms with E-state index in [4.69, 9.17) is 11.6 Å². The van der Waals surface area contributed by atoms with Gasteiger partial charge in [0, 0.05) is 11.6 Å². The zero-order valence-electron chi connectivity index (χ0n) is 7.62. The average molecular weight is 232 g/mol. The topological polar surface area (TPSA) is 46.2 Å². The molecule has 0 fully saturated rings. The summed E-state index contributed by atoms with van der Waals surface area (Å²) >= 11 is 5.77. The average Bonchev–Trinajstić information content (AvgIpc) is 2.12. The Morgan fingerprint density at radius 2 is 2.21 bits per heavy atom. The molecule has 0 bridgehead atoms. The van der Waals surface area contributed by atoms with Crippen LogP contribution in [-0.2, 0) is 9.84 Å². The highest BCUT2D eigenvalue weighted by Crippen LogP contribution is 2.31. The van der Waals surface area contributed by atoms with Crippen LogP contribution < -0.4 is 5.32 Å². The molecule has 1 unspecified atom stereocenters. The summed E-state index contributed by atoms with van der Waals surface area (Å²) in [6.45, 7) is 2.13. The first-order valence-electron chi connectivity index (χ1n) is 4.29. The van der Waals surface area contributed by atoms with Crippen molar-refractivity contribution in [3.05, 3.63) is 23.2 Å². The molecular formula is C9H10ClNO2S. The lowest BCUT2D eigenvalue weighted by atomic mass is 10.3. The minimum Gasteiger partial charge on any atom is -0.383 e. The van der Waals surface area contributed by atoms with Gasteiger partial charge in [0.2, 0.25) is 0 Å². The smallest absolute Gasteiger partial charge is 0.184 e. The summed E-state index contributed by atoms with van der Waals surface area (Å²) in [5.41, 5.74) is 0.607. The largest absolute Gasteiger partial charge is 0.383 e. The van der Waals surface area contributed by atoms with Crippen molar-refractivity contribution in [3.8, 4) is 0 Å². The predicted octanol–water partition coefficient (Wildman–Crippen LogP) is 1.93. The van der Waals surface area contributed by atoms with Crippen LogP contribution in [0.4, 0.5) is 5.69 Å². The van der Waals surface area contributed by atoms with E-state index >= 15 is 0 Å². The Morgan fingerprint density at radius 3 is 2.93 bits per heavy atom. The van der Waals surface area contributed by atoms with Crippen molar-refractivity contribution in [1.29, 1.82) is 0 Å². The minimum absolute atomic E-state index is 0.348. The summed E-state index contributed by atoms with van der Waals surface area (Å²) in [7, 11) is -3.16. The van der Waals surface area contributed by atoms with Crippen molar-refractivity contribution in [2.75, 3.05) is 11.9 Å². The number of nitrogens with one attached hydrogen (secondary N) is 1. The van der Waals surface area contributed by atoms with E-state index in [2.05, 4.69) is 5.32 Å². The first-order valence-corrected chi connectivity index (χ1v) is 6.21. The molecule has 1 aliphatic rings. The maximum Gasteiger partial charge on any atom is 0.184 e. The zero-order valence-corrected chi connectivity index (χ0v) is 9.19. The normalized spacial score (nSPS) is 23.7. The van der Waals surface area contributed by atoms with Crippen molar-refractivity contribution in [2.45, 2.75) is 17.1 Å². The van der Waals surface area contributed by atoms with Crippen LogP contribution in [-0.4, -0.2) is 20.2 Å². The van der Waals surface area contributed by atoms with Crippen molar-refractivity contribution < 1.29 is 8.42 Å². The monoisotopic (exact) mass is 231 g/mol. The summed E-state index contributed by atoms with van der Waals surface area (Å²) in [4.78, 5) is 0.348. The third-order valence-electron chi connectivity index (χ3n) is 2.36. The number of benzene rings is 1. The van der Waals surface area contributed by atoms with Crippen LogP contribution in [0.5, 0.6) is 0 Å². The standard InChI is InChI=1S/C9H10ClNO2S/c1-6-5-11-8-4-7(10)2-3-9(8)14(6,12)13/h2-4,6,11H,5H2,1H3. The number of sulfone groups is 1. The molecule has 1 N–H and O–H groups in total. The van der Waals surface area contributed by atoms with Gasteiger partial charge in [-0.2, -0.15) is 0 Å². The molecule has 0 aliphatic carbocycles. The Balaban J connectivity index is 2.65. The Bertz CT molecular complexity index is 470. The predicted molar refractivity (Wildman–Crippen MR) is 56.6 cm³/mol. The highest BCUT2D eigenvalue weighted by Gasteiger charge is 2.30. The molecule has 14 heavy (non-hydrogen) atoms. The lowest BCUT2D eigenvalue weighted by molar-refractivity contribution is 0.582. The summed E-state index contributed by atoms with van der Waals surface area (Å²) in [6, 6.07) is 4.79. The highest BCUT2D eigenvalue weighted by molar-refractivity contribution is 7.92. The van der Waals surface area contributed by atoms with Crippen LogP contribution in [0, 0.1) is 0 Å². The van der Waals surface area contributed by atoms with Crippen LogP contribution >= 0.6 is 11.6 Å². The molecule has 1 atom stereocenters. The van der Waals surface area contributed by atoms with E-state index in [-0.39, 0.29) is 5.25 Å². The summed E-state index contributed by atoms with van der Waals surface area (Å²) < 4.78 is 23.7. The van der Waals surface area contributed by atoms with Crippen LogP contribution in [0.25, 0.3) is 0 Å². The lowest BCUT2D eigenvalue weighted by Crippen LogP contribution is -2.31. The van der Waals surface area contributed by atoms with Gasteiger partial charge in [0.05, 0.1) is 15.8 Å². The van der Waals surface area contributed by atoms with Gasteiger partial charge in [-0.15, -0.1) is 0 Å². The Morgan fingerprint density at radius 1 is 1.50 bits per heavy atom. The quantitative estimate of drug-likeness (QED) is 0.742. The molecule has 0 aromatic heterocycles. The van der Waals surface area contributed by atoms with Gasteiger partial charge >= 0.3 is 0 Å². The van der Waals surface area contributed by atoms with E-state index in [1.54, 1.807) is 25.1 Å². The van der Waals surface area contributed by atoms with E-state index in [0.29, 0.717) is 22.2 Å². The van der Waals surface area contributed by atoms with Crippen molar-refractivity contribution in [3.63, 3.8) is 0 Å². The van der Waals surface area contributed by atoms with E-state index < -0.39 is 9.84 Å². The molecule has 76 valence electrons. The van der Waals surface area contributed by atoms with Crippen LogP contribution in [0.1, 0.15) is 6.92 Å². The van der Waals surface area contributed by atoms with Crippen LogP contribution in [0.15, 0.2) is 23.1 Å². The zero-order chi connectivity index (χ0) is 10.3. The molecule has 0 saturated heterocycles. The first kappa shape index (κ1) is 9.80. The van der Waals surface area contributed by atoms with Gasteiger partial charge in [-0.3, -0.25) is 0 Å². The van der Waals surface area contributed by atoms with Gasteiger partial charge in [0.15, 0.2) is 9.84 Å². The number of halogens is 1. The molecule has 1 aromatic rings. The number of hydrogen-bond donors (Lipinski definition) is 1. The van der Waals surface area contributed by atoms with Crippen LogP contribution in [0.3, 0.4) is 0 Å². The maximum absolute atomic E-state index is 11.8. The Labute approximate surface area is 88.0 Å². The number of fused-ring (bicyclic) bond motifs is 1. The molecule has 0 amide bonds. The molecule has 2 rings (SSSR count). The fourth-order valence-corrected chi connectivity index (χ4v) is 3.07. The highest BCUT2D eigenvalue weighted by atomic mass is 35.5. The Hall–Kier alpha value is -0.740. The third-order valence-corrected chi connectivity index (χ3v) is 4.79. The molecular weight excluding hydrogens is 222 g/mol. The third kappa shape index (κ3) is 1.38. The SMILES string of the molecule is CC1CNc2cc(Cl)ccc2S1(=O)=O. The number of anilines is 1. The van der Waals surface area contributed by atoms with Crippen molar-refractivity contribution in [1.82, 2.24) is 0 Å². The molecule has 1 heterocycles. The lowest BCUT2D eigenvalue weighted by Gasteiger charge is -2.23. The van der Waals surface area contributed by atoms with Crippen molar-refractivity contribution in [2.24, 2.45) is 0 Å². The van der Waals surface area contributed by atoms with E-state index in [1.165, 1.54) is 0 Å². The Kier molecular flexibility index (Phi) is 2.20. The van der Waals surface area contributed by atoms with Gasteiger partial charge in [-0.25, -0.2) is 8.42 Å². The minimum atomic E-state index is -3.16. The van der Waals surface area contributed by atoms with E-state index in [0.717, 1.165) is 0 Å². The molecule has 3 nitrogen and oxygen atoms in total. The van der Waals surface area contributed by atoms with Gasteiger partial charge in [0.25, 0.3) is 0 Å². The molecule has 1 aliphatic heterocycles. The van der Waals surface area contributed by atoms with Gasteiger partial charge in [-0.05, 0) is 25.1 Å². The molecule has 0 radical (unpaired) electrons. The maximum atomic E-state index is 11.8. The van der Waals surface area contributed by atoms with Crippen molar-refractivity contribution >= 4 is 27.1 Å². The second-order valence-electron chi connectivity index (χ2n) is 3.38. The summed E-state index contributed by atoms with van der Waals surface area (Å²) in [5.74, 6) is 0. The summed E-state index contributed by atoms with van der Waals surface area (Å²) in [6.07, 6.45) is 0. The molecule has 0 saturated carbocycles. The van der Waals surface area contributed by atoms with Gasteiger partial charge in [0.1, 0.15) is 0 Å². The summed E-state index contributed by atoms with van der Waals surface area (Å²) in [5, 5.41) is 3.21. The second kappa shape index (κ2) is 3.14. The number of rotatable bonds is 0. The second-order valence-corrected chi connectivity index (χ2v) is 6.15. The first-order chi connectivity index (χ1) is 6.51. The molecule has 1 aromatic carbocycles.